The summed E-state index contributed by atoms with van der Waals surface area (Å²) in [7, 11) is 0. The van der Waals surface area contributed by atoms with Crippen LogP contribution in [-0.4, -0.2) is 81.5 Å². The molecule has 2 bridgehead atoms. The van der Waals surface area contributed by atoms with Crippen LogP contribution in [0.2, 0.25) is 0 Å². The molecule has 1 saturated heterocycles. The van der Waals surface area contributed by atoms with Crippen molar-refractivity contribution in [3.63, 3.8) is 0 Å². The number of carbonyl (C=O) groups is 4. The summed E-state index contributed by atoms with van der Waals surface area (Å²) >= 11 is 0. The monoisotopic (exact) mass is 630 g/mol. The van der Waals surface area contributed by atoms with Gasteiger partial charge in [0.2, 0.25) is 11.8 Å². The number of amides is 4. The lowest BCUT2D eigenvalue weighted by Crippen LogP contribution is -2.54. The number of fused-ring (bicyclic) bond motifs is 3. The van der Waals surface area contributed by atoms with Crippen molar-refractivity contribution in [2.24, 2.45) is 5.92 Å². The van der Waals surface area contributed by atoms with Crippen LogP contribution in [0.3, 0.4) is 0 Å². The SMILES string of the molecule is Cc1cc(C)n(Cc2cccc(C(=O)N3CC(=O)NCCCc4ccc(F)c(c4)C(=O)N4CCC[C@H]4C(=O)N[C@H](C(C)C)C3)c2)n1. The Bertz CT molecular complexity index is 1620. The third-order valence-corrected chi connectivity index (χ3v) is 8.82. The molecule has 2 aromatic carbocycles. The lowest BCUT2D eigenvalue weighted by molar-refractivity contribution is -0.126. The van der Waals surface area contributed by atoms with Gasteiger partial charge in [-0.15, -0.1) is 0 Å². The molecule has 2 aliphatic rings. The Morgan fingerprint density at radius 3 is 2.61 bits per heavy atom. The molecule has 3 heterocycles. The number of hydrogen-bond donors (Lipinski definition) is 2. The van der Waals surface area contributed by atoms with Gasteiger partial charge < -0.3 is 20.4 Å². The lowest BCUT2D eigenvalue weighted by Gasteiger charge is -2.32. The van der Waals surface area contributed by atoms with E-state index < -0.39 is 23.8 Å². The molecule has 46 heavy (non-hydrogen) atoms. The van der Waals surface area contributed by atoms with Crippen LogP contribution in [0.15, 0.2) is 48.5 Å². The molecule has 244 valence electrons. The van der Waals surface area contributed by atoms with Gasteiger partial charge in [-0.3, -0.25) is 23.9 Å². The number of aryl methyl sites for hydroxylation is 3. The predicted octanol–water partition coefficient (Wildman–Crippen LogP) is 3.64. The molecule has 5 rings (SSSR count). The van der Waals surface area contributed by atoms with E-state index in [1.54, 1.807) is 18.2 Å². The van der Waals surface area contributed by atoms with Crippen molar-refractivity contribution < 1.29 is 23.6 Å². The molecular weight excluding hydrogens is 587 g/mol. The zero-order valence-electron chi connectivity index (χ0n) is 27.0. The Morgan fingerprint density at radius 2 is 1.87 bits per heavy atom. The van der Waals surface area contributed by atoms with Crippen molar-refractivity contribution in [3.8, 4) is 0 Å². The second-order valence-electron chi connectivity index (χ2n) is 12.8. The Morgan fingerprint density at radius 1 is 1.07 bits per heavy atom. The van der Waals surface area contributed by atoms with Crippen molar-refractivity contribution in [3.05, 3.63) is 88.0 Å². The van der Waals surface area contributed by atoms with Gasteiger partial charge >= 0.3 is 0 Å². The minimum atomic E-state index is -0.758. The highest BCUT2D eigenvalue weighted by atomic mass is 19.1. The molecule has 0 radical (unpaired) electrons. The number of nitrogens with one attached hydrogen (secondary N) is 2. The van der Waals surface area contributed by atoms with Crippen LogP contribution in [-0.2, 0) is 22.6 Å². The quantitative estimate of drug-likeness (QED) is 0.457. The zero-order valence-corrected chi connectivity index (χ0v) is 27.0. The average Bonchev–Trinajstić information content (AvgIpc) is 3.64. The largest absolute Gasteiger partial charge is 0.355 e. The maximum absolute atomic E-state index is 14.8. The maximum Gasteiger partial charge on any atom is 0.257 e. The number of hydrogen-bond acceptors (Lipinski definition) is 5. The van der Waals surface area contributed by atoms with Crippen molar-refractivity contribution in [1.29, 1.82) is 0 Å². The summed E-state index contributed by atoms with van der Waals surface area (Å²) in [5.74, 6) is -2.22. The summed E-state index contributed by atoms with van der Waals surface area (Å²) < 4.78 is 16.7. The van der Waals surface area contributed by atoms with E-state index in [9.17, 15) is 23.6 Å². The Labute approximate surface area is 269 Å². The van der Waals surface area contributed by atoms with Crippen molar-refractivity contribution >= 4 is 23.6 Å². The first kappa shape index (κ1) is 32.8. The first-order valence-corrected chi connectivity index (χ1v) is 16.1. The van der Waals surface area contributed by atoms with Gasteiger partial charge in [-0.1, -0.05) is 32.0 Å². The highest BCUT2D eigenvalue weighted by molar-refractivity contribution is 5.99. The Kier molecular flexibility index (Phi) is 10.2. The summed E-state index contributed by atoms with van der Waals surface area (Å²) in [6, 6.07) is 12.5. The third-order valence-electron chi connectivity index (χ3n) is 8.82. The summed E-state index contributed by atoms with van der Waals surface area (Å²) in [5, 5.41) is 10.5. The van der Waals surface area contributed by atoms with E-state index in [4.69, 9.17) is 0 Å². The standard InChI is InChI=1S/C35H43FN6O4/c1-22(2)30-20-40(34(45)27-10-5-8-26(17-27)19-42-24(4)16-23(3)39-42)21-32(43)37-14-6-9-25-12-13-29(36)28(18-25)35(46)41-15-7-11-31(41)33(44)38-30/h5,8,10,12-13,16-18,22,30-31H,6-7,9,11,14-15,19-21H2,1-4H3,(H,37,43)(H,38,44)/t30-,31-/m0/s1. The van der Waals surface area contributed by atoms with Gasteiger partial charge in [-0.2, -0.15) is 5.10 Å². The fraction of sp³-hybridized carbons (Fsp3) is 0.457. The van der Waals surface area contributed by atoms with E-state index in [0.717, 1.165) is 22.5 Å². The molecule has 0 aliphatic carbocycles. The number of carbonyl (C=O) groups excluding carboxylic acids is 4. The van der Waals surface area contributed by atoms with Gasteiger partial charge in [-0.25, -0.2) is 4.39 Å². The van der Waals surface area contributed by atoms with Crippen LogP contribution in [0.25, 0.3) is 0 Å². The van der Waals surface area contributed by atoms with E-state index in [-0.39, 0.29) is 42.3 Å². The van der Waals surface area contributed by atoms with Gasteiger partial charge in [0.05, 0.1) is 24.3 Å². The van der Waals surface area contributed by atoms with Gasteiger partial charge in [0.25, 0.3) is 11.8 Å². The van der Waals surface area contributed by atoms with Crippen LogP contribution in [0.5, 0.6) is 0 Å². The molecule has 11 heteroatoms. The predicted molar refractivity (Wildman–Crippen MR) is 172 cm³/mol. The maximum atomic E-state index is 14.8. The van der Waals surface area contributed by atoms with Crippen molar-refractivity contribution in [2.75, 3.05) is 26.2 Å². The lowest BCUT2D eigenvalue weighted by atomic mass is 10.0. The Balaban J connectivity index is 1.42. The van der Waals surface area contributed by atoms with Gasteiger partial charge in [0.1, 0.15) is 11.9 Å². The number of halogens is 1. The van der Waals surface area contributed by atoms with Crippen molar-refractivity contribution in [2.45, 2.75) is 72.0 Å². The zero-order chi connectivity index (χ0) is 33.0. The van der Waals surface area contributed by atoms with Crippen LogP contribution in [0.1, 0.15) is 76.3 Å². The number of benzene rings is 2. The van der Waals surface area contributed by atoms with Crippen LogP contribution in [0.4, 0.5) is 4.39 Å². The number of rotatable bonds is 4. The molecule has 10 nitrogen and oxygen atoms in total. The molecule has 0 saturated carbocycles. The van der Waals surface area contributed by atoms with Crippen LogP contribution >= 0.6 is 0 Å². The topological polar surface area (TPSA) is 117 Å². The molecule has 2 atom stereocenters. The van der Waals surface area contributed by atoms with E-state index >= 15 is 0 Å². The molecule has 3 aromatic rings. The number of nitrogens with zero attached hydrogens (tertiary/aromatic N) is 4. The van der Waals surface area contributed by atoms with E-state index in [0.29, 0.717) is 50.9 Å². The highest BCUT2D eigenvalue weighted by Crippen LogP contribution is 2.24. The third kappa shape index (κ3) is 7.63. The molecule has 0 spiro atoms. The normalized spacial score (nSPS) is 19.9. The molecule has 1 aromatic heterocycles. The van der Waals surface area contributed by atoms with E-state index in [1.165, 1.54) is 15.9 Å². The van der Waals surface area contributed by atoms with Gasteiger partial charge in [0.15, 0.2) is 0 Å². The van der Waals surface area contributed by atoms with Gasteiger partial charge in [0, 0.05) is 36.9 Å². The van der Waals surface area contributed by atoms with Crippen LogP contribution < -0.4 is 10.6 Å². The van der Waals surface area contributed by atoms with Crippen LogP contribution in [0, 0.1) is 25.6 Å². The second-order valence-corrected chi connectivity index (χ2v) is 12.8. The number of aromatic nitrogens is 2. The fourth-order valence-electron chi connectivity index (χ4n) is 6.23. The Hall–Kier alpha value is -4.54. The average molecular weight is 631 g/mol. The highest BCUT2D eigenvalue weighted by Gasteiger charge is 2.37. The minimum absolute atomic E-state index is 0.0529. The smallest absolute Gasteiger partial charge is 0.257 e. The van der Waals surface area contributed by atoms with E-state index in [1.807, 2.05) is 56.6 Å². The van der Waals surface area contributed by atoms with Gasteiger partial charge in [-0.05, 0) is 86.9 Å². The minimum Gasteiger partial charge on any atom is -0.355 e. The second kappa shape index (κ2) is 14.3. The summed E-state index contributed by atoms with van der Waals surface area (Å²) in [5.41, 5.74) is 3.96. The summed E-state index contributed by atoms with van der Waals surface area (Å²) in [6.45, 7) is 8.88. The first-order valence-electron chi connectivity index (χ1n) is 16.1. The summed E-state index contributed by atoms with van der Waals surface area (Å²) in [4.78, 5) is 57.3. The molecule has 4 amide bonds. The molecule has 2 aliphatic heterocycles. The molecular formula is C35H43FN6O4. The molecule has 2 N–H and O–H groups in total. The fourth-order valence-corrected chi connectivity index (χ4v) is 6.23. The molecule has 0 unspecified atom stereocenters. The summed E-state index contributed by atoms with van der Waals surface area (Å²) in [6.07, 6.45) is 2.16. The van der Waals surface area contributed by atoms with E-state index in [2.05, 4.69) is 15.7 Å². The first-order chi connectivity index (χ1) is 22.0. The molecule has 1 fully saturated rings. The van der Waals surface area contributed by atoms with Crippen molar-refractivity contribution in [1.82, 2.24) is 30.2 Å².